The Morgan fingerprint density at radius 2 is 2.00 bits per heavy atom. The van der Waals surface area contributed by atoms with E-state index in [1.807, 2.05) is 0 Å². The van der Waals surface area contributed by atoms with Gasteiger partial charge in [0.25, 0.3) is 11.5 Å². The largest absolute Gasteiger partial charge is 0.456 e. The van der Waals surface area contributed by atoms with E-state index in [0.29, 0.717) is 11.5 Å². The molecule has 0 spiro atoms. The van der Waals surface area contributed by atoms with Crippen molar-refractivity contribution in [2.45, 2.75) is 19.5 Å². The highest BCUT2D eigenvalue weighted by molar-refractivity contribution is 5.80. The standard InChI is InChI=1S/C17H17N3O7/c21-14-3-5-20(17(24)19-14)6-4-16(23)25-9-15(22)18-8-11-1-2-12-13(7-11)27-10-26-12/h1-3,5,7H,4,6,8-10H2,(H,18,22)(H,19,21,24). The maximum atomic E-state index is 11.8. The van der Waals surface area contributed by atoms with Gasteiger partial charge >= 0.3 is 11.7 Å². The quantitative estimate of drug-likeness (QED) is 0.625. The molecule has 0 aliphatic carbocycles. The van der Waals surface area contributed by atoms with E-state index in [2.05, 4.69) is 10.3 Å². The molecule has 1 aromatic heterocycles. The minimum Gasteiger partial charge on any atom is -0.456 e. The van der Waals surface area contributed by atoms with Crippen LogP contribution in [-0.4, -0.2) is 34.8 Å². The van der Waals surface area contributed by atoms with Crippen molar-refractivity contribution in [3.63, 3.8) is 0 Å². The summed E-state index contributed by atoms with van der Waals surface area (Å²) in [6.07, 6.45) is 1.17. The summed E-state index contributed by atoms with van der Waals surface area (Å²) in [6.45, 7) is 0.0310. The minimum absolute atomic E-state index is 0.0350. The fourth-order valence-corrected chi connectivity index (χ4v) is 2.35. The molecule has 3 rings (SSSR count). The Hall–Kier alpha value is -3.56. The van der Waals surface area contributed by atoms with Crippen molar-refractivity contribution < 1.29 is 23.8 Å². The first-order valence-electron chi connectivity index (χ1n) is 8.12. The Kier molecular flexibility index (Phi) is 5.55. The normalized spacial score (nSPS) is 11.9. The number of amides is 1. The Morgan fingerprint density at radius 1 is 1.19 bits per heavy atom. The SMILES string of the molecule is O=C(COC(=O)CCn1ccc(=O)[nH]c1=O)NCc1ccc2c(c1)OCO2. The molecule has 1 aliphatic heterocycles. The number of aryl methyl sites for hydroxylation is 1. The lowest BCUT2D eigenvalue weighted by Gasteiger charge is -2.08. The summed E-state index contributed by atoms with van der Waals surface area (Å²) in [4.78, 5) is 48.0. The van der Waals surface area contributed by atoms with E-state index in [-0.39, 0.29) is 26.3 Å². The number of aromatic nitrogens is 2. The molecule has 0 atom stereocenters. The van der Waals surface area contributed by atoms with Crippen LogP contribution in [0.15, 0.2) is 40.1 Å². The van der Waals surface area contributed by atoms with Crippen LogP contribution < -0.4 is 26.0 Å². The number of H-pyrrole nitrogens is 1. The van der Waals surface area contributed by atoms with Gasteiger partial charge in [-0.25, -0.2) is 4.79 Å². The number of carbonyl (C=O) groups excluding carboxylic acids is 2. The molecule has 0 fully saturated rings. The summed E-state index contributed by atoms with van der Waals surface area (Å²) in [7, 11) is 0. The van der Waals surface area contributed by atoms with E-state index in [1.165, 1.54) is 16.8 Å². The Labute approximate surface area is 152 Å². The second-order valence-corrected chi connectivity index (χ2v) is 5.68. The van der Waals surface area contributed by atoms with Crippen LogP contribution in [-0.2, 0) is 27.4 Å². The van der Waals surface area contributed by atoms with Crippen LogP contribution in [0.1, 0.15) is 12.0 Å². The second kappa shape index (κ2) is 8.21. The van der Waals surface area contributed by atoms with Crippen LogP contribution in [0.2, 0.25) is 0 Å². The average molecular weight is 375 g/mol. The third-order valence-electron chi connectivity index (χ3n) is 3.74. The molecular weight excluding hydrogens is 358 g/mol. The van der Waals surface area contributed by atoms with Crippen LogP contribution in [0.3, 0.4) is 0 Å². The van der Waals surface area contributed by atoms with Crippen molar-refractivity contribution >= 4 is 11.9 Å². The highest BCUT2D eigenvalue weighted by Crippen LogP contribution is 2.32. The summed E-state index contributed by atoms with van der Waals surface area (Å²) in [6, 6.07) is 6.48. The van der Waals surface area contributed by atoms with Gasteiger partial charge in [0.2, 0.25) is 6.79 Å². The Morgan fingerprint density at radius 3 is 2.81 bits per heavy atom. The highest BCUT2D eigenvalue weighted by atomic mass is 16.7. The molecule has 1 aliphatic rings. The van der Waals surface area contributed by atoms with E-state index in [0.717, 1.165) is 5.56 Å². The summed E-state index contributed by atoms with van der Waals surface area (Å²) >= 11 is 0. The number of ether oxygens (including phenoxy) is 3. The van der Waals surface area contributed by atoms with Crippen LogP contribution in [0, 0.1) is 0 Å². The van der Waals surface area contributed by atoms with Crippen molar-refractivity contribution in [2.24, 2.45) is 0 Å². The minimum atomic E-state index is -0.633. The van der Waals surface area contributed by atoms with E-state index in [4.69, 9.17) is 14.2 Å². The van der Waals surface area contributed by atoms with E-state index < -0.39 is 29.7 Å². The van der Waals surface area contributed by atoms with Gasteiger partial charge in [0.05, 0.1) is 6.42 Å². The highest BCUT2D eigenvalue weighted by Gasteiger charge is 2.14. The van der Waals surface area contributed by atoms with Crippen LogP contribution in [0.4, 0.5) is 0 Å². The van der Waals surface area contributed by atoms with E-state index in [9.17, 15) is 19.2 Å². The number of esters is 1. The van der Waals surface area contributed by atoms with Crippen molar-refractivity contribution in [2.75, 3.05) is 13.4 Å². The smallest absolute Gasteiger partial charge is 0.328 e. The van der Waals surface area contributed by atoms with Crippen LogP contribution >= 0.6 is 0 Å². The molecule has 0 saturated heterocycles. The molecule has 10 nitrogen and oxygen atoms in total. The number of fused-ring (bicyclic) bond motifs is 1. The number of aromatic amines is 1. The molecule has 1 amide bonds. The van der Waals surface area contributed by atoms with Gasteiger partial charge in [0.1, 0.15) is 0 Å². The molecule has 2 aromatic rings. The molecule has 1 aromatic carbocycles. The summed E-state index contributed by atoms with van der Waals surface area (Å²) in [5, 5.41) is 2.63. The monoisotopic (exact) mass is 375 g/mol. The van der Waals surface area contributed by atoms with Gasteiger partial charge < -0.3 is 24.1 Å². The van der Waals surface area contributed by atoms with Crippen LogP contribution in [0.5, 0.6) is 11.5 Å². The van der Waals surface area contributed by atoms with Gasteiger partial charge in [0.15, 0.2) is 18.1 Å². The van der Waals surface area contributed by atoms with Crippen molar-refractivity contribution in [1.82, 2.24) is 14.9 Å². The Bertz CT molecular complexity index is 963. The van der Waals surface area contributed by atoms with E-state index >= 15 is 0 Å². The number of hydrogen-bond donors (Lipinski definition) is 2. The number of nitrogens with zero attached hydrogens (tertiary/aromatic N) is 1. The first-order chi connectivity index (χ1) is 13.0. The zero-order valence-electron chi connectivity index (χ0n) is 14.2. The number of carbonyl (C=O) groups is 2. The number of rotatable bonds is 7. The van der Waals surface area contributed by atoms with Crippen molar-refractivity contribution in [3.8, 4) is 11.5 Å². The van der Waals surface area contributed by atoms with Crippen LogP contribution in [0.25, 0.3) is 0 Å². The number of hydrogen-bond acceptors (Lipinski definition) is 7. The topological polar surface area (TPSA) is 129 Å². The Balaban J connectivity index is 1.39. The first kappa shape index (κ1) is 18.2. The lowest BCUT2D eigenvalue weighted by atomic mass is 10.2. The molecule has 0 radical (unpaired) electrons. The average Bonchev–Trinajstić information content (AvgIpc) is 3.11. The summed E-state index contributed by atoms with van der Waals surface area (Å²) < 4.78 is 16.5. The van der Waals surface area contributed by atoms with Gasteiger partial charge in [0, 0.05) is 25.4 Å². The molecule has 27 heavy (non-hydrogen) atoms. The van der Waals surface area contributed by atoms with Crippen molar-refractivity contribution in [1.29, 1.82) is 0 Å². The molecule has 2 heterocycles. The van der Waals surface area contributed by atoms with Crippen molar-refractivity contribution in [3.05, 3.63) is 56.9 Å². The number of nitrogens with one attached hydrogen (secondary N) is 2. The van der Waals surface area contributed by atoms with Gasteiger partial charge in [-0.2, -0.15) is 0 Å². The molecule has 0 bridgehead atoms. The zero-order valence-corrected chi connectivity index (χ0v) is 14.2. The zero-order chi connectivity index (χ0) is 19.2. The van der Waals surface area contributed by atoms with Gasteiger partial charge in [-0.05, 0) is 17.7 Å². The molecule has 10 heteroatoms. The molecule has 0 unspecified atom stereocenters. The number of benzene rings is 1. The fourth-order valence-electron chi connectivity index (χ4n) is 2.35. The molecular formula is C17H17N3O7. The fraction of sp³-hybridized carbons (Fsp3) is 0.294. The lowest BCUT2D eigenvalue weighted by Crippen LogP contribution is -2.30. The van der Waals surface area contributed by atoms with E-state index in [1.54, 1.807) is 18.2 Å². The first-order valence-corrected chi connectivity index (χ1v) is 8.12. The van der Waals surface area contributed by atoms with Gasteiger partial charge in [-0.1, -0.05) is 6.07 Å². The molecule has 142 valence electrons. The summed E-state index contributed by atoms with van der Waals surface area (Å²) in [5.74, 6) is 0.180. The third-order valence-corrected chi connectivity index (χ3v) is 3.74. The summed E-state index contributed by atoms with van der Waals surface area (Å²) in [5.41, 5.74) is -0.314. The predicted molar refractivity (Wildman–Crippen MR) is 91.3 cm³/mol. The second-order valence-electron chi connectivity index (χ2n) is 5.68. The maximum absolute atomic E-state index is 11.8. The maximum Gasteiger partial charge on any atom is 0.328 e. The predicted octanol–water partition coefficient (Wildman–Crippen LogP) is -0.485. The van der Waals surface area contributed by atoms with Gasteiger partial charge in [-0.15, -0.1) is 0 Å². The van der Waals surface area contributed by atoms with Gasteiger partial charge in [-0.3, -0.25) is 19.4 Å². The molecule has 0 saturated carbocycles. The molecule has 2 N–H and O–H groups in total. The third kappa shape index (κ3) is 4.97. The lowest BCUT2D eigenvalue weighted by molar-refractivity contribution is -0.148.